The Bertz CT molecular complexity index is 617. The zero-order valence-electron chi connectivity index (χ0n) is 14.6. The van der Waals surface area contributed by atoms with Crippen molar-refractivity contribution >= 4 is 5.91 Å². The van der Waals surface area contributed by atoms with Gasteiger partial charge in [-0.25, -0.2) is 4.39 Å². The lowest BCUT2D eigenvalue weighted by atomic mass is 9.88. The van der Waals surface area contributed by atoms with E-state index < -0.39 is 0 Å². The van der Waals surface area contributed by atoms with Crippen LogP contribution in [-0.4, -0.2) is 48.7 Å². The lowest BCUT2D eigenvalue weighted by Gasteiger charge is -2.32. The number of likely N-dealkylation sites (tertiary alicyclic amines) is 1. The fourth-order valence-corrected chi connectivity index (χ4v) is 4.72. The SMILES string of the molecule is O=C([C@H]1CCCO1)N1C[C@@H](c2cccc(F)c2)[C@@H]2NCCCCC[C@H]21. The van der Waals surface area contributed by atoms with Crippen LogP contribution in [0.3, 0.4) is 0 Å². The van der Waals surface area contributed by atoms with E-state index in [1.807, 2.05) is 11.0 Å². The van der Waals surface area contributed by atoms with Crippen molar-refractivity contribution in [3.05, 3.63) is 35.6 Å². The lowest BCUT2D eigenvalue weighted by Crippen LogP contribution is -2.49. The van der Waals surface area contributed by atoms with Crippen LogP contribution in [0.25, 0.3) is 0 Å². The first-order chi connectivity index (χ1) is 12.2. The van der Waals surface area contributed by atoms with Gasteiger partial charge in [-0.15, -0.1) is 0 Å². The van der Waals surface area contributed by atoms with Crippen LogP contribution in [0.4, 0.5) is 4.39 Å². The molecule has 0 spiro atoms. The van der Waals surface area contributed by atoms with Gasteiger partial charge in [0.05, 0.1) is 0 Å². The molecule has 0 aliphatic carbocycles. The average Bonchev–Trinajstić information content (AvgIpc) is 3.22. The molecule has 4 rings (SSSR count). The topological polar surface area (TPSA) is 41.6 Å². The number of halogens is 1. The molecule has 4 nitrogen and oxygen atoms in total. The molecule has 1 aromatic rings. The molecular weight excluding hydrogens is 319 g/mol. The second-order valence-corrected chi connectivity index (χ2v) is 7.55. The molecule has 25 heavy (non-hydrogen) atoms. The van der Waals surface area contributed by atoms with Gasteiger partial charge in [0, 0.05) is 31.2 Å². The van der Waals surface area contributed by atoms with E-state index in [0.717, 1.165) is 37.8 Å². The van der Waals surface area contributed by atoms with Gasteiger partial charge in [-0.05, 0) is 49.9 Å². The molecular formula is C20H27FN2O2. The molecule has 3 heterocycles. The number of ether oxygens (including phenoxy) is 1. The predicted molar refractivity (Wildman–Crippen MR) is 93.9 cm³/mol. The zero-order valence-corrected chi connectivity index (χ0v) is 14.6. The third-order valence-corrected chi connectivity index (χ3v) is 5.96. The Hall–Kier alpha value is -1.46. The highest BCUT2D eigenvalue weighted by Gasteiger charge is 2.46. The fraction of sp³-hybridized carbons (Fsp3) is 0.650. The number of carbonyl (C=O) groups is 1. The highest BCUT2D eigenvalue weighted by atomic mass is 19.1. The number of benzene rings is 1. The Labute approximate surface area is 148 Å². The second-order valence-electron chi connectivity index (χ2n) is 7.55. The number of nitrogens with one attached hydrogen (secondary N) is 1. The Morgan fingerprint density at radius 1 is 1.20 bits per heavy atom. The van der Waals surface area contributed by atoms with Gasteiger partial charge in [0.2, 0.25) is 0 Å². The summed E-state index contributed by atoms with van der Waals surface area (Å²) < 4.78 is 19.4. The molecule has 136 valence electrons. The average molecular weight is 346 g/mol. The van der Waals surface area contributed by atoms with Gasteiger partial charge in [0.25, 0.3) is 5.91 Å². The molecule has 1 N–H and O–H groups in total. The monoisotopic (exact) mass is 346 g/mol. The molecule has 5 heteroatoms. The van der Waals surface area contributed by atoms with Gasteiger partial charge >= 0.3 is 0 Å². The van der Waals surface area contributed by atoms with Crippen molar-refractivity contribution < 1.29 is 13.9 Å². The molecule has 1 aromatic carbocycles. The fourth-order valence-electron chi connectivity index (χ4n) is 4.72. The van der Waals surface area contributed by atoms with E-state index in [2.05, 4.69) is 5.32 Å². The minimum atomic E-state index is -0.280. The molecule has 3 fully saturated rings. The number of fused-ring (bicyclic) bond motifs is 1. The van der Waals surface area contributed by atoms with Gasteiger partial charge in [-0.2, -0.15) is 0 Å². The summed E-state index contributed by atoms with van der Waals surface area (Å²) >= 11 is 0. The van der Waals surface area contributed by atoms with Crippen LogP contribution in [-0.2, 0) is 9.53 Å². The minimum Gasteiger partial charge on any atom is -0.368 e. The molecule has 3 saturated heterocycles. The Kier molecular flexibility index (Phi) is 5.04. The molecule has 0 saturated carbocycles. The summed E-state index contributed by atoms with van der Waals surface area (Å²) in [6.07, 6.45) is 6.03. The molecule has 3 aliphatic heterocycles. The lowest BCUT2D eigenvalue weighted by molar-refractivity contribution is -0.142. The summed E-state index contributed by atoms with van der Waals surface area (Å²) in [6, 6.07) is 7.26. The van der Waals surface area contributed by atoms with E-state index in [1.165, 1.54) is 18.9 Å². The highest BCUT2D eigenvalue weighted by Crippen LogP contribution is 2.37. The minimum absolute atomic E-state index is 0.133. The van der Waals surface area contributed by atoms with Crippen LogP contribution >= 0.6 is 0 Å². The summed E-state index contributed by atoms with van der Waals surface area (Å²) in [4.78, 5) is 15.1. The number of hydrogen-bond acceptors (Lipinski definition) is 3. The molecule has 0 bridgehead atoms. The number of rotatable bonds is 2. The van der Waals surface area contributed by atoms with Crippen molar-refractivity contribution in [3.8, 4) is 0 Å². The Balaban J connectivity index is 1.62. The standard InChI is InChI=1S/C20H27FN2O2/c21-15-7-4-6-14(12-15)16-13-23(20(24)18-9-5-11-25-18)17-8-2-1-3-10-22-19(16)17/h4,6-7,12,16-19,22H,1-3,5,8-11,13H2/t16-,17+,18+,19-/m0/s1. The molecule has 1 amide bonds. The molecule has 0 aromatic heterocycles. The molecule has 0 unspecified atom stereocenters. The van der Waals surface area contributed by atoms with Crippen LogP contribution < -0.4 is 5.32 Å². The number of carbonyl (C=O) groups excluding carboxylic acids is 1. The van der Waals surface area contributed by atoms with E-state index in [-0.39, 0.29) is 35.8 Å². The summed E-state index contributed by atoms with van der Waals surface area (Å²) in [7, 11) is 0. The van der Waals surface area contributed by atoms with E-state index in [4.69, 9.17) is 4.74 Å². The quantitative estimate of drug-likeness (QED) is 0.895. The van der Waals surface area contributed by atoms with Gasteiger partial charge < -0.3 is 15.0 Å². The van der Waals surface area contributed by atoms with Gasteiger partial charge in [-0.3, -0.25) is 4.79 Å². The summed E-state index contributed by atoms with van der Waals surface area (Å²) in [5, 5.41) is 3.67. The smallest absolute Gasteiger partial charge is 0.252 e. The largest absolute Gasteiger partial charge is 0.368 e. The van der Waals surface area contributed by atoms with Gasteiger partial charge in [0.1, 0.15) is 11.9 Å². The maximum Gasteiger partial charge on any atom is 0.252 e. The first-order valence-corrected chi connectivity index (χ1v) is 9.65. The van der Waals surface area contributed by atoms with Crippen LogP contribution in [0.1, 0.15) is 50.0 Å². The number of amides is 1. The summed E-state index contributed by atoms with van der Waals surface area (Å²) in [5.41, 5.74) is 0.991. The molecule has 0 radical (unpaired) electrons. The Morgan fingerprint density at radius 3 is 2.92 bits per heavy atom. The number of hydrogen-bond donors (Lipinski definition) is 1. The van der Waals surface area contributed by atoms with Gasteiger partial charge in [0.15, 0.2) is 0 Å². The second kappa shape index (κ2) is 7.42. The zero-order chi connectivity index (χ0) is 17.2. The van der Waals surface area contributed by atoms with Crippen LogP contribution in [0, 0.1) is 5.82 Å². The maximum atomic E-state index is 13.8. The molecule has 4 atom stereocenters. The van der Waals surface area contributed by atoms with Crippen molar-refractivity contribution in [2.45, 2.75) is 62.6 Å². The first kappa shape index (κ1) is 17.0. The van der Waals surface area contributed by atoms with Crippen molar-refractivity contribution in [2.24, 2.45) is 0 Å². The first-order valence-electron chi connectivity index (χ1n) is 9.65. The van der Waals surface area contributed by atoms with E-state index >= 15 is 0 Å². The Morgan fingerprint density at radius 2 is 2.12 bits per heavy atom. The third-order valence-electron chi connectivity index (χ3n) is 5.96. The van der Waals surface area contributed by atoms with Crippen LogP contribution in [0.5, 0.6) is 0 Å². The normalized spacial score (nSPS) is 32.9. The van der Waals surface area contributed by atoms with E-state index in [9.17, 15) is 9.18 Å². The highest BCUT2D eigenvalue weighted by molar-refractivity contribution is 5.82. The predicted octanol–water partition coefficient (Wildman–Crippen LogP) is 2.83. The molecule has 3 aliphatic rings. The summed E-state index contributed by atoms with van der Waals surface area (Å²) in [5.74, 6) is 0.0710. The van der Waals surface area contributed by atoms with Crippen molar-refractivity contribution in [2.75, 3.05) is 19.7 Å². The van der Waals surface area contributed by atoms with Crippen LogP contribution in [0.2, 0.25) is 0 Å². The van der Waals surface area contributed by atoms with Crippen molar-refractivity contribution in [1.29, 1.82) is 0 Å². The number of nitrogens with zero attached hydrogens (tertiary/aromatic N) is 1. The van der Waals surface area contributed by atoms with Crippen molar-refractivity contribution in [3.63, 3.8) is 0 Å². The van der Waals surface area contributed by atoms with Crippen molar-refractivity contribution in [1.82, 2.24) is 10.2 Å². The third kappa shape index (κ3) is 3.44. The van der Waals surface area contributed by atoms with E-state index in [1.54, 1.807) is 12.1 Å². The van der Waals surface area contributed by atoms with Gasteiger partial charge in [-0.1, -0.05) is 25.0 Å². The summed E-state index contributed by atoms with van der Waals surface area (Å²) in [6.45, 7) is 2.31. The maximum absolute atomic E-state index is 13.8. The van der Waals surface area contributed by atoms with Crippen LogP contribution in [0.15, 0.2) is 24.3 Å². The van der Waals surface area contributed by atoms with E-state index in [0.29, 0.717) is 13.2 Å².